The summed E-state index contributed by atoms with van der Waals surface area (Å²) in [7, 11) is 0. The molecule has 0 bridgehead atoms. The van der Waals surface area contributed by atoms with Gasteiger partial charge in [0.2, 0.25) is 12.2 Å². The highest BCUT2D eigenvalue weighted by Gasteiger charge is 3.03. The first-order valence-corrected chi connectivity index (χ1v) is 18.4. The number of ether oxygens (including phenoxy) is 1. The molecule has 1 aromatic rings. The minimum Gasteiger partial charge on any atom is -0.445 e. The van der Waals surface area contributed by atoms with E-state index in [9.17, 15) is 173 Å². The van der Waals surface area contributed by atoms with Gasteiger partial charge in [0.25, 0.3) is 5.91 Å². The first-order chi connectivity index (χ1) is 35.4. The third kappa shape index (κ3) is 9.22. The number of carbonyl (C=O) groups excluding carboxylic acids is 4. The molecule has 0 unspecified atom stereocenters. The van der Waals surface area contributed by atoms with Crippen molar-refractivity contribution in [1.82, 2.24) is 5.32 Å². The summed E-state index contributed by atoms with van der Waals surface area (Å²) in [6.07, 6.45) is -8.35. The Kier molecular flexibility index (Phi) is 18.2. The van der Waals surface area contributed by atoms with Gasteiger partial charge in [-0.3, -0.25) is 9.59 Å². The summed E-state index contributed by atoms with van der Waals surface area (Å²) in [6, 6.07) is -0.154. The van der Waals surface area contributed by atoms with Crippen LogP contribution < -0.4 is 5.32 Å². The molecule has 0 aliphatic carbocycles. The van der Waals surface area contributed by atoms with Gasteiger partial charge >= 0.3 is 125 Å². The number of nitrogens with zero attached hydrogens (tertiary/aromatic N) is 2. The van der Waals surface area contributed by atoms with Crippen molar-refractivity contribution < 1.29 is 204 Å². The highest BCUT2D eigenvalue weighted by atomic mass is 19.4. The first kappa shape index (κ1) is 74.1. The van der Waals surface area contributed by atoms with Gasteiger partial charge in [-0.2, -0.15) is 190 Å². The van der Waals surface area contributed by atoms with Crippen LogP contribution in [-0.4, -0.2) is 144 Å². The lowest BCUT2D eigenvalue weighted by molar-refractivity contribution is -0.495. The van der Waals surface area contributed by atoms with Gasteiger partial charge < -0.3 is 10.1 Å². The number of aliphatic imine (C=N–C) groups is 2. The van der Waals surface area contributed by atoms with Crippen LogP contribution in [0.1, 0.15) is 28.4 Å². The summed E-state index contributed by atoms with van der Waals surface area (Å²) >= 11 is 0. The molecule has 0 aromatic heterocycles. The van der Waals surface area contributed by atoms with Crippen LogP contribution in [-0.2, 0) is 25.0 Å². The quantitative estimate of drug-likeness (QED) is 0.0364. The molecule has 1 amide bonds. The summed E-state index contributed by atoms with van der Waals surface area (Å²) < 4.78 is 586. The summed E-state index contributed by atoms with van der Waals surface area (Å²) in [5.41, 5.74) is -13.0. The van der Waals surface area contributed by atoms with Gasteiger partial charge in [0.15, 0.2) is 6.73 Å². The molecule has 1 rings (SSSR count). The van der Waals surface area contributed by atoms with E-state index < -0.39 is 165 Å². The van der Waals surface area contributed by atoms with Gasteiger partial charge in [-0.1, -0.05) is 0 Å². The number of carbonyl (C=O) groups is 2. The fourth-order valence-electron chi connectivity index (χ4n) is 5.66. The Morgan fingerprint density at radius 2 is 0.634 bits per heavy atom. The second-order valence-electron chi connectivity index (χ2n) is 15.4. The number of esters is 1. The molecule has 0 atom stereocenters. The molecule has 0 heterocycles. The minimum absolute atomic E-state index is 0.0149. The fraction of sp³-hybridized carbons (Fsp3) is 0.697. The SMILES string of the molecule is CC(=O)OCNC(=O)c1c(C)cc(N=C=O)c(N=C=O)c1C(F)(F)C(F)(F)C(F)(F)C(F)(F)C(F)(F)C(F)(F)C(F)(F)C(F)(F)C(F)(F)C(F)(F)C(F)(F)C(F)(F)C(F)(F)C(F)(F)C(F)(F)C(F)(F)C(F)(F)C(F)(F)C(F)(F)C(F)(F)F. The number of hydrogen-bond donors (Lipinski definition) is 1. The lowest BCUT2D eigenvalue weighted by Crippen LogP contribution is -2.80. The summed E-state index contributed by atoms with van der Waals surface area (Å²) in [5.74, 6) is -197. The average Bonchev–Trinajstić information content (AvgIpc) is 3.27. The molecule has 82 heavy (non-hydrogen) atoms. The van der Waals surface area contributed by atoms with Crippen LogP contribution in [0.25, 0.3) is 0 Å². The lowest BCUT2D eigenvalue weighted by atomic mass is 9.81. The van der Waals surface area contributed by atoms with Crippen molar-refractivity contribution in [2.24, 2.45) is 9.98 Å². The van der Waals surface area contributed by atoms with E-state index in [1.54, 1.807) is 0 Å². The molecular formula is C33H10F41N3O5. The predicted molar refractivity (Wildman–Crippen MR) is 170 cm³/mol. The molecule has 0 radical (unpaired) electrons. The Morgan fingerprint density at radius 1 is 0.402 bits per heavy atom. The smallest absolute Gasteiger partial charge is 0.445 e. The zero-order valence-corrected chi connectivity index (χ0v) is 36.7. The van der Waals surface area contributed by atoms with Crippen LogP contribution >= 0.6 is 0 Å². The van der Waals surface area contributed by atoms with Crippen LogP contribution in [0, 0.1) is 6.92 Å². The number of isocyanates is 2. The normalized spacial score (nSPS) is 15.6. The predicted octanol–water partition coefficient (Wildman–Crippen LogP) is 14.3. The van der Waals surface area contributed by atoms with Gasteiger partial charge in [-0.25, -0.2) is 9.59 Å². The first-order valence-electron chi connectivity index (χ1n) is 18.4. The Morgan fingerprint density at radius 3 is 0.854 bits per heavy atom. The highest BCUT2D eigenvalue weighted by Crippen LogP contribution is 2.72. The largest absolute Gasteiger partial charge is 0.460 e. The molecule has 0 fully saturated rings. The molecule has 0 aliphatic rings. The number of aryl methyl sites for hydroxylation is 1. The Balaban J connectivity index is 4.38. The molecule has 0 spiro atoms. The lowest BCUT2D eigenvalue weighted by Gasteiger charge is -2.47. The number of halogens is 41. The van der Waals surface area contributed by atoms with Crippen molar-refractivity contribution in [1.29, 1.82) is 0 Å². The van der Waals surface area contributed by atoms with Gasteiger partial charge in [-0.05, 0) is 18.6 Å². The van der Waals surface area contributed by atoms with E-state index in [0.29, 0.717) is 6.92 Å². The van der Waals surface area contributed by atoms with Gasteiger partial charge in [-0.15, -0.1) is 0 Å². The second-order valence-corrected chi connectivity index (χ2v) is 15.4. The molecule has 474 valence electrons. The topological polar surface area (TPSA) is 114 Å². The third-order valence-electron chi connectivity index (χ3n) is 10.3. The minimum atomic E-state index is -10.8. The number of rotatable bonds is 24. The molecule has 0 saturated carbocycles. The maximum absolute atomic E-state index is 15.8. The second kappa shape index (κ2) is 20.1. The maximum Gasteiger partial charge on any atom is 0.460 e. The van der Waals surface area contributed by atoms with E-state index in [0.717, 1.165) is 5.32 Å². The number of hydrogen-bond acceptors (Lipinski definition) is 7. The van der Waals surface area contributed by atoms with Crippen molar-refractivity contribution in [2.45, 2.75) is 133 Å². The summed E-state index contributed by atoms with van der Waals surface area (Å²) in [5, 5.41) is 1.04. The number of nitrogens with one attached hydrogen (secondary N) is 1. The van der Waals surface area contributed by atoms with Crippen molar-refractivity contribution in [2.75, 3.05) is 6.73 Å². The van der Waals surface area contributed by atoms with Gasteiger partial charge in [0.1, 0.15) is 11.4 Å². The van der Waals surface area contributed by atoms with E-state index in [-0.39, 0.29) is 25.1 Å². The van der Waals surface area contributed by atoms with E-state index in [4.69, 9.17) is 0 Å². The molecule has 8 nitrogen and oxygen atoms in total. The molecule has 1 N–H and O–H groups in total. The van der Waals surface area contributed by atoms with Crippen LogP contribution in [0.2, 0.25) is 0 Å². The van der Waals surface area contributed by atoms with Crippen LogP contribution in [0.4, 0.5) is 191 Å². The van der Waals surface area contributed by atoms with E-state index >= 15 is 26.3 Å². The van der Waals surface area contributed by atoms with E-state index in [2.05, 4.69) is 9.73 Å². The van der Waals surface area contributed by atoms with Crippen molar-refractivity contribution >= 4 is 35.4 Å². The van der Waals surface area contributed by atoms with Crippen molar-refractivity contribution in [3.05, 3.63) is 22.8 Å². The Labute approximate surface area is 417 Å². The van der Waals surface area contributed by atoms with Gasteiger partial charge in [0.05, 0.1) is 11.1 Å². The van der Waals surface area contributed by atoms with Crippen LogP contribution in [0.5, 0.6) is 0 Å². The third-order valence-corrected chi connectivity index (χ3v) is 10.3. The van der Waals surface area contributed by atoms with Crippen LogP contribution in [0.15, 0.2) is 16.1 Å². The monoisotopic (exact) mass is 1310 g/mol. The summed E-state index contributed by atoms with van der Waals surface area (Å²) in [6.45, 7) is -1.29. The molecule has 49 heteroatoms. The zero-order chi connectivity index (χ0) is 66.7. The molecule has 1 aromatic carbocycles. The standard InChI is InChI=1S/C33H10F41N3O5/c1-7-3-9(75-4-78)12(76-5-79)11(10(7)13(81)77-6-82-8(2)80)14(34,35)15(36,37)16(38,39)17(40,41)18(42,43)19(44,45)20(46,47)21(48,49)22(50,51)23(52,53)24(54,55)25(56,57)26(58,59)27(60,61)28(62,63)29(64,65)30(66,67)31(68,69)32(70,71)33(72,73)74/h3H,6H2,1-2H3,(H,77,81). The highest BCUT2D eigenvalue weighted by molar-refractivity contribution is 6.00. The fourth-order valence-corrected chi connectivity index (χ4v) is 5.66. The molecule has 0 aliphatic heterocycles. The number of alkyl halides is 41. The Bertz CT molecular complexity index is 2710. The number of benzene rings is 1. The van der Waals surface area contributed by atoms with E-state index in [1.807, 2.05) is 4.99 Å². The van der Waals surface area contributed by atoms with Crippen molar-refractivity contribution in [3.63, 3.8) is 0 Å². The maximum atomic E-state index is 15.8. The zero-order valence-electron chi connectivity index (χ0n) is 36.7. The van der Waals surface area contributed by atoms with Crippen LogP contribution in [0.3, 0.4) is 0 Å². The molecule has 0 saturated heterocycles. The number of amides is 1. The summed E-state index contributed by atoms with van der Waals surface area (Å²) in [4.78, 5) is 49.7. The van der Waals surface area contributed by atoms with Crippen molar-refractivity contribution in [3.8, 4) is 0 Å². The molecular weight excluding hydrogens is 1300 g/mol. The average molecular weight is 1310 g/mol. The van der Waals surface area contributed by atoms with E-state index in [1.165, 1.54) is 0 Å². The Hall–Kier alpha value is -5.95. The van der Waals surface area contributed by atoms with Gasteiger partial charge in [0, 0.05) is 6.92 Å².